The lowest BCUT2D eigenvalue weighted by molar-refractivity contribution is -0.153. The van der Waals surface area contributed by atoms with Gasteiger partial charge >= 0.3 is 16.5 Å². The summed E-state index contributed by atoms with van der Waals surface area (Å²) in [5, 5.41) is 10.5. The normalized spacial score (nSPS) is 31.4. The lowest BCUT2D eigenvalue weighted by Crippen LogP contribution is -2.44. The standard InChI is InChI=1S/C22H28F3NO6S/c1-12(27)26(33(29,30)31)18-9-13-3-4-15-14(7-8-21(2)17(15)5-6-20(21)28)16(13)10-19(18)32-11-22(23,24)25/h9-10,14-15,17,20,28H,3-8,11H2,1-2H3,(H,29,30,31)/t14-,15+,17-,20+,21-/m0/s1. The molecule has 11 heteroatoms. The zero-order valence-electron chi connectivity index (χ0n) is 18.4. The molecule has 7 nitrogen and oxygen atoms in total. The summed E-state index contributed by atoms with van der Waals surface area (Å²) in [6, 6.07) is 2.76. The number of halogens is 3. The number of fused-ring (bicyclic) bond motifs is 5. The molecule has 0 aromatic heterocycles. The maximum absolute atomic E-state index is 12.9. The van der Waals surface area contributed by atoms with Crippen molar-refractivity contribution in [3.63, 3.8) is 0 Å². The second-order valence-corrected chi connectivity index (χ2v) is 11.0. The number of amides is 1. The summed E-state index contributed by atoms with van der Waals surface area (Å²) < 4.78 is 77.1. The van der Waals surface area contributed by atoms with Gasteiger partial charge in [0.05, 0.1) is 6.10 Å². The second kappa shape index (κ2) is 8.13. The van der Waals surface area contributed by atoms with Gasteiger partial charge < -0.3 is 9.84 Å². The van der Waals surface area contributed by atoms with E-state index in [2.05, 4.69) is 6.92 Å². The van der Waals surface area contributed by atoms with E-state index in [0.29, 0.717) is 12.3 Å². The highest BCUT2D eigenvalue weighted by molar-refractivity contribution is 7.88. The van der Waals surface area contributed by atoms with Crippen LogP contribution in [0.4, 0.5) is 18.9 Å². The second-order valence-electron chi connectivity index (χ2n) is 9.74. The van der Waals surface area contributed by atoms with Crippen LogP contribution >= 0.6 is 0 Å². The van der Waals surface area contributed by atoms with Crippen LogP contribution in [0.3, 0.4) is 0 Å². The van der Waals surface area contributed by atoms with E-state index in [1.807, 2.05) is 0 Å². The highest BCUT2D eigenvalue weighted by atomic mass is 32.2. The summed E-state index contributed by atoms with van der Waals surface area (Å²) in [5.41, 5.74) is 0.908. The fraction of sp³-hybridized carbons (Fsp3) is 0.682. The minimum Gasteiger partial charge on any atom is -0.482 e. The molecule has 3 aliphatic rings. The van der Waals surface area contributed by atoms with E-state index in [-0.39, 0.29) is 27.7 Å². The number of aliphatic hydroxyl groups excluding tert-OH is 1. The fourth-order valence-electron chi connectivity index (χ4n) is 6.45. The molecule has 0 bridgehead atoms. The molecule has 0 radical (unpaired) electrons. The first-order valence-corrected chi connectivity index (χ1v) is 12.4. The van der Waals surface area contributed by atoms with Gasteiger partial charge in [0.2, 0.25) is 5.91 Å². The number of carbonyl (C=O) groups is 1. The molecular formula is C22H28F3NO6S. The Labute approximate surface area is 190 Å². The topological polar surface area (TPSA) is 104 Å². The average molecular weight is 492 g/mol. The number of alkyl halides is 3. The molecular weight excluding hydrogens is 463 g/mol. The van der Waals surface area contributed by atoms with Crippen molar-refractivity contribution in [3.05, 3.63) is 23.3 Å². The molecule has 3 aliphatic carbocycles. The van der Waals surface area contributed by atoms with Gasteiger partial charge in [0, 0.05) is 6.92 Å². The lowest BCUT2D eigenvalue weighted by Gasteiger charge is -2.50. The van der Waals surface area contributed by atoms with E-state index in [4.69, 9.17) is 4.74 Å². The minimum absolute atomic E-state index is 0.0379. The fourth-order valence-corrected chi connectivity index (χ4v) is 7.17. The number of rotatable bonds is 4. The highest BCUT2D eigenvalue weighted by Gasteiger charge is 2.54. The van der Waals surface area contributed by atoms with Crippen molar-refractivity contribution in [2.45, 2.75) is 70.6 Å². The van der Waals surface area contributed by atoms with Crippen molar-refractivity contribution in [2.75, 3.05) is 10.9 Å². The van der Waals surface area contributed by atoms with Gasteiger partial charge in [-0.3, -0.25) is 9.35 Å². The van der Waals surface area contributed by atoms with E-state index in [1.165, 1.54) is 12.1 Å². The number of aliphatic hydroxyl groups is 1. The van der Waals surface area contributed by atoms with Crippen molar-refractivity contribution in [1.82, 2.24) is 0 Å². The van der Waals surface area contributed by atoms with Crippen LogP contribution in [0.25, 0.3) is 0 Å². The molecule has 184 valence electrons. The maximum Gasteiger partial charge on any atom is 0.422 e. The number of hydrogen-bond acceptors (Lipinski definition) is 5. The first-order chi connectivity index (χ1) is 15.2. The van der Waals surface area contributed by atoms with Gasteiger partial charge in [-0.2, -0.15) is 25.9 Å². The molecule has 0 spiro atoms. The molecule has 2 N–H and O–H groups in total. The summed E-state index contributed by atoms with van der Waals surface area (Å²) in [5.74, 6) is -0.906. The van der Waals surface area contributed by atoms with Gasteiger partial charge in [0.1, 0.15) is 11.4 Å². The zero-order valence-corrected chi connectivity index (χ0v) is 19.2. The van der Waals surface area contributed by atoms with Crippen LogP contribution in [-0.2, 0) is 21.5 Å². The Morgan fingerprint density at radius 3 is 2.55 bits per heavy atom. The van der Waals surface area contributed by atoms with Gasteiger partial charge in [0.25, 0.3) is 0 Å². The molecule has 1 amide bonds. The monoisotopic (exact) mass is 491 g/mol. The Hall–Kier alpha value is -1.85. The molecule has 2 fully saturated rings. The van der Waals surface area contributed by atoms with Gasteiger partial charge in [-0.1, -0.05) is 6.92 Å². The van der Waals surface area contributed by atoms with Crippen LogP contribution in [0.5, 0.6) is 5.75 Å². The number of hydrogen-bond donors (Lipinski definition) is 2. The van der Waals surface area contributed by atoms with Crippen LogP contribution in [0.1, 0.15) is 63.0 Å². The molecule has 0 aliphatic heterocycles. The maximum atomic E-state index is 12.9. The largest absolute Gasteiger partial charge is 0.482 e. The predicted octanol–water partition coefficient (Wildman–Crippen LogP) is 4.00. The van der Waals surface area contributed by atoms with E-state index in [9.17, 15) is 36.0 Å². The third-order valence-electron chi connectivity index (χ3n) is 7.88. The molecule has 4 rings (SSSR count). The van der Waals surface area contributed by atoms with Gasteiger partial charge in [0.15, 0.2) is 6.61 Å². The first-order valence-electron chi connectivity index (χ1n) is 11.0. The number of carbonyl (C=O) groups excluding carboxylic acids is 1. The van der Waals surface area contributed by atoms with Crippen molar-refractivity contribution in [3.8, 4) is 5.75 Å². The number of benzene rings is 1. The van der Waals surface area contributed by atoms with Crippen LogP contribution in [0, 0.1) is 17.3 Å². The van der Waals surface area contributed by atoms with Crippen LogP contribution in [-0.4, -0.2) is 42.9 Å². The molecule has 2 saturated carbocycles. The zero-order chi connectivity index (χ0) is 24.3. The van der Waals surface area contributed by atoms with Crippen molar-refractivity contribution >= 4 is 21.9 Å². The lowest BCUT2D eigenvalue weighted by atomic mass is 9.55. The minimum atomic E-state index is -5.07. The molecule has 1 aromatic rings. The Bertz CT molecular complexity index is 1060. The van der Waals surface area contributed by atoms with Crippen molar-refractivity contribution in [2.24, 2.45) is 17.3 Å². The van der Waals surface area contributed by atoms with Crippen molar-refractivity contribution in [1.29, 1.82) is 0 Å². The quantitative estimate of drug-likeness (QED) is 0.617. The molecule has 5 atom stereocenters. The molecule has 0 unspecified atom stereocenters. The van der Waals surface area contributed by atoms with Crippen LogP contribution in [0.2, 0.25) is 0 Å². The highest BCUT2D eigenvalue weighted by Crippen LogP contribution is 2.61. The Balaban J connectivity index is 1.78. The van der Waals surface area contributed by atoms with Gasteiger partial charge in [-0.15, -0.1) is 0 Å². The number of nitrogens with zero attached hydrogens (tertiary/aromatic N) is 1. The molecule has 0 saturated heterocycles. The number of anilines is 1. The van der Waals surface area contributed by atoms with E-state index in [1.54, 1.807) is 0 Å². The predicted molar refractivity (Wildman–Crippen MR) is 113 cm³/mol. The molecule has 1 aromatic carbocycles. The summed E-state index contributed by atoms with van der Waals surface area (Å²) in [6.45, 7) is 1.33. The van der Waals surface area contributed by atoms with Crippen molar-refractivity contribution < 1.29 is 40.8 Å². The molecule has 0 heterocycles. The molecule has 33 heavy (non-hydrogen) atoms. The smallest absolute Gasteiger partial charge is 0.422 e. The summed E-state index contributed by atoms with van der Waals surface area (Å²) in [4.78, 5) is 12.0. The Morgan fingerprint density at radius 1 is 1.24 bits per heavy atom. The number of aryl methyl sites for hydroxylation is 1. The van der Waals surface area contributed by atoms with Crippen LogP contribution in [0.15, 0.2) is 12.1 Å². The van der Waals surface area contributed by atoms with E-state index in [0.717, 1.165) is 50.2 Å². The third-order valence-corrected chi connectivity index (χ3v) is 8.80. The summed E-state index contributed by atoms with van der Waals surface area (Å²) >= 11 is 0. The summed E-state index contributed by atoms with van der Waals surface area (Å²) in [6.07, 6.45) is -0.554. The summed E-state index contributed by atoms with van der Waals surface area (Å²) in [7, 11) is -5.07. The average Bonchev–Trinajstić information content (AvgIpc) is 2.99. The first kappa shape index (κ1) is 24.3. The van der Waals surface area contributed by atoms with E-state index < -0.39 is 40.4 Å². The van der Waals surface area contributed by atoms with Crippen LogP contribution < -0.4 is 9.04 Å². The Kier molecular flexibility index (Phi) is 5.98. The van der Waals surface area contributed by atoms with E-state index >= 15 is 0 Å². The number of ether oxygens (including phenoxy) is 1. The van der Waals surface area contributed by atoms with Gasteiger partial charge in [-0.05, 0) is 85.0 Å². The Morgan fingerprint density at radius 2 is 1.94 bits per heavy atom. The van der Waals surface area contributed by atoms with Gasteiger partial charge in [-0.25, -0.2) is 0 Å². The third kappa shape index (κ3) is 4.35. The SMILES string of the molecule is CC(=O)N(c1cc2c(cc1OCC(F)(F)F)[C@H]1CC[C@]3(C)[C@H](O)CC[C@H]3[C@@H]1CC2)S(=O)(=O)O.